The second-order valence-electron chi connectivity index (χ2n) is 7.22. The summed E-state index contributed by atoms with van der Waals surface area (Å²) >= 11 is 0. The van der Waals surface area contributed by atoms with Crippen LogP contribution in [0.25, 0.3) is 11.1 Å². The van der Waals surface area contributed by atoms with Crippen molar-refractivity contribution in [2.45, 2.75) is 13.5 Å². The van der Waals surface area contributed by atoms with Crippen LogP contribution in [0.1, 0.15) is 5.56 Å². The molecule has 1 heteroatoms. The Morgan fingerprint density at radius 3 is 1.48 bits per heavy atom. The van der Waals surface area contributed by atoms with Crippen LogP contribution in [0, 0.1) is 6.92 Å². The van der Waals surface area contributed by atoms with Crippen LogP contribution in [0.2, 0.25) is 6.55 Å². The van der Waals surface area contributed by atoms with Gasteiger partial charge in [0.2, 0.25) is 0 Å². The normalized spacial score (nSPS) is 11.3. The van der Waals surface area contributed by atoms with Gasteiger partial charge in [-0.3, -0.25) is 0 Å². The lowest BCUT2D eigenvalue weighted by Gasteiger charge is -2.32. The van der Waals surface area contributed by atoms with Crippen molar-refractivity contribution >= 4 is 23.6 Å². The molecule has 0 saturated carbocycles. The van der Waals surface area contributed by atoms with Crippen LogP contribution in [0.5, 0.6) is 0 Å². The topological polar surface area (TPSA) is 0 Å². The third-order valence-electron chi connectivity index (χ3n) is 5.60. The summed E-state index contributed by atoms with van der Waals surface area (Å²) in [5.41, 5.74) is 4.01. The van der Waals surface area contributed by atoms with Crippen molar-refractivity contribution in [2.24, 2.45) is 0 Å². The monoisotopic (exact) mass is 364 g/mol. The van der Waals surface area contributed by atoms with Gasteiger partial charge in [-0.15, -0.1) is 0 Å². The molecule has 0 aliphatic heterocycles. The Kier molecular flexibility index (Phi) is 4.78. The molecule has 4 rings (SSSR count). The van der Waals surface area contributed by atoms with E-state index < -0.39 is 8.07 Å². The Bertz CT molecular complexity index is 996. The lowest BCUT2D eigenvalue weighted by molar-refractivity contribution is 1.46. The summed E-state index contributed by atoms with van der Waals surface area (Å²) in [5.74, 6) is 0. The molecule has 0 heterocycles. The van der Waals surface area contributed by atoms with Gasteiger partial charge in [0.1, 0.15) is 8.07 Å². The van der Waals surface area contributed by atoms with Gasteiger partial charge in [0.05, 0.1) is 0 Å². The van der Waals surface area contributed by atoms with Crippen molar-refractivity contribution in [3.8, 4) is 11.1 Å². The Morgan fingerprint density at radius 1 is 0.481 bits per heavy atom. The molecule has 132 valence electrons. The van der Waals surface area contributed by atoms with Crippen LogP contribution in [-0.4, -0.2) is 8.07 Å². The lowest BCUT2D eigenvalue weighted by atomic mass is 10.0. The van der Waals surface area contributed by atoms with Gasteiger partial charge in [0.15, 0.2) is 0 Å². The first-order valence-electron chi connectivity index (χ1n) is 9.48. The Balaban J connectivity index is 2.03. The van der Waals surface area contributed by atoms with E-state index in [-0.39, 0.29) is 0 Å². The molecule has 4 aromatic carbocycles. The minimum absolute atomic E-state index is 1.32. The number of hydrogen-bond donors (Lipinski definition) is 0. The molecule has 27 heavy (non-hydrogen) atoms. The Morgan fingerprint density at radius 2 is 0.926 bits per heavy atom. The second-order valence-corrected chi connectivity index (χ2v) is 11.2. The van der Waals surface area contributed by atoms with Crippen molar-refractivity contribution < 1.29 is 0 Å². The lowest BCUT2D eigenvalue weighted by Crippen LogP contribution is -2.65. The summed E-state index contributed by atoms with van der Waals surface area (Å²) in [4.78, 5) is 0. The summed E-state index contributed by atoms with van der Waals surface area (Å²) in [6.45, 7) is 4.69. The first-order valence-corrected chi connectivity index (χ1v) is 12.0. The number of hydrogen-bond acceptors (Lipinski definition) is 0. The molecule has 0 saturated heterocycles. The van der Waals surface area contributed by atoms with Crippen molar-refractivity contribution in [1.82, 2.24) is 0 Å². The summed E-state index contributed by atoms with van der Waals surface area (Å²) in [7, 11) is -2.13. The molecular weight excluding hydrogens is 340 g/mol. The number of aryl methyl sites for hydroxylation is 1. The zero-order valence-corrected chi connectivity index (χ0v) is 16.9. The van der Waals surface area contributed by atoms with Crippen LogP contribution in [0.3, 0.4) is 0 Å². The summed E-state index contributed by atoms with van der Waals surface area (Å²) < 4.78 is 0. The highest BCUT2D eigenvalue weighted by molar-refractivity contribution is 7.11. The maximum atomic E-state index is 2.48. The van der Waals surface area contributed by atoms with E-state index in [1.165, 1.54) is 32.3 Å². The van der Waals surface area contributed by atoms with Crippen molar-refractivity contribution in [3.63, 3.8) is 0 Å². The van der Waals surface area contributed by atoms with E-state index in [0.717, 1.165) is 0 Å². The molecule has 0 atom stereocenters. The number of benzene rings is 4. The fraction of sp³-hybridized carbons (Fsp3) is 0.0769. The minimum atomic E-state index is -2.13. The van der Waals surface area contributed by atoms with Crippen molar-refractivity contribution in [3.05, 3.63) is 115 Å². The third-order valence-corrected chi connectivity index (χ3v) is 10.1. The molecule has 0 aliphatic carbocycles. The average molecular weight is 365 g/mol. The SMILES string of the molecule is Cc1ccccc1-c1ccccc1[Si](C)(c1ccccc1)c1ccccc1. The van der Waals surface area contributed by atoms with Gasteiger partial charge in [-0.25, -0.2) is 0 Å². The van der Waals surface area contributed by atoms with Gasteiger partial charge in [0.25, 0.3) is 0 Å². The first kappa shape index (κ1) is 17.5. The number of rotatable bonds is 4. The molecule has 0 aromatic heterocycles. The fourth-order valence-electron chi connectivity index (χ4n) is 4.05. The van der Waals surface area contributed by atoms with Crippen LogP contribution < -0.4 is 15.6 Å². The fourth-order valence-corrected chi connectivity index (χ4v) is 7.91. The zero-order chi connectivity index (χ0) is 18.7. The van der Waals surface area contributed by atoms with Gasteiger partial charge in [-0.2, -0.15) is 0 Å². The van der Waals surface area contributed by atoms with E-state index >= 15 is 0 Å². The van der Waals surface area contributed by atoms with Crippen molar-refractivity contribution in [1.29, 1.82) is 0 Å². The zero-order valence-electron chi connectivity index (χ0n) is 15.9. The van der Waals surface area contributed by atoms with Gasteiger partial charge in [-0.1, -0.05) is 116 Å². The largest absolute Gasteiger partial charge is 0.146 e. The van der Waals surface area contributed by atoms with Crippen LogP contribution in [0.4, 0.5) is 0 Å². The molecule has 4 aromatic rings. The van der Waals surface area contributed by atoms with E-state index in [2.05, 4.69) is 123 Å². The molecular formula is C26H24Si. The predicted molar refractivity (Wildman–Crippen MR) is 120 cm³/mol. The molecule has 0 unspecified atom stereocenters. The molecule has 0 radical (unpaired) electrons. The van der Waals surface area contributed by atoms with E-state index in [1.54, 1.807) is 0 Å². The molecule has 0 amide bonds. The van der Waals surface area contributed by atoms with Crippen LogP contribution in [-0.2, 0) is 0 Å². The highest BCUT2D eigenvalue weighted by atomic mass is 28.3. The molecule has 0 fully saturated rings. The smallest absolute Gasteiger partial charge is 0.0624 e. The van der Waals surface area contributed by atoms with Gasteiger partial charge < -0.3 is 0 Å². The second kappa shape index (κ2) is 7.38. The Labute approximate surface area is 163 Å². The summed E-state index contributed by atoms with van der Waals surface area (Å²) in [6, 6.07) is 39.8. The summed E-state index contributed by atoms with van der Waals surface area (Å²) in [6.07, 6.45) is 0. The molecule has 0 bridgehead atoms. The molecule has 0 aliphatic rings. The van der Waals surface area contributed by atoms with E-state index in [0.29, 0.717) is 0 Å². The van der Waals surface area contributed by atoms with Gasteiger partial charge in [0, 0.05) is 0 Å². The van der Waals surface area contributed by atoms with Gasteiger partial charge in [-0.05, 0) is 39.2 Å². The van der Waals surface area contributed by atoms with Crippen LogP contribution in [0.15, 0.2) is 109 Å². The Hall–Kier alpha value is -2.90. The average Bonchev–Trinajstić information content (AvgIpc) is 2.75. The van der Waals surface area contributed by atoms with E-state index in [9.17, 15) is 0 Å². The molecule has 0 nitrogen and oxygen atoms in total. The first-order chi connectivity index (χ1) is 13.2. The van der Waals surface area contributed by atoms with Crippen LogP contribution >= 0.6 is 0 Å². The minimum Gasteiger partial charge on any atom is -0.0624 e. The van der Waals surface area contributed by atoms with E-state index in [1.807, 2.05) is 0 Å². The van der Waals surface area contributed by atoms with E-state index in [4.69, 9.17) is 0 Å². The highest BCUT2D eigenvalue weighted by Crippen LogP contribution is 2.24. The quantitative estimate of drug-likeness (QED) is 0.362. The van der Waals surface area contributed by atoms with Crippen molar-refractivity contribution in [2.75, 3.05) is 0 Å². The predicted octanol–water partition coefficient (Wildman–Crippen LogP) is 4.76. The molecule has 0 N–H and O–H groups in total. The maximum absolute atomic E-state index is 2.48. The standard InChI is InChI=1S/C26H24Si/c1-21-13-9-10-18-24(21)25-19-11-12-20-26(25)27(2,22-14-5-3-6-15-22)23-16-7-4-8-17-23/h3-20H,1-2H3. The maximum Gasteiger partial charge on any atom is 0.146 e. The van der Waals surface area contributed by atoms with Gasteiger partial charge >= 0.3 is 0 Å². The highest BCUT2D eigenvalue weighted by Gasteiger charge is 2.35. The third kappa shape index (κ3) is 3.15. The summed E-state index contributed by atoms with van der Waals surface area (Å²) in [5, 5.41) is 4.35. The molecule has 0 spiro atoms.